The fourth-order valence-electron chi connectivity index (χ4n) is 0.687. The van der Waals surface area contributed by atoms with E-state index in [9.17, 15) is 9.32 Å². The molecule has 1 rings (SSSR count). The van der Waals surface area contributed by atoms with Gasteiger partial charge in [-0.15, -0.1) is 0 Å². The van der Waals surface area contributed by atoms with Crippen molar-refractivity contribution in [1.29, 1.82) is 0 Å². The summed E-state index contributed by atoms with van der Waals surface area (Å²) >= 11 is 0. The van der Waals surface area contributed by atoms with E-state index in [0.717, 1.165) is 15.9 Å². The van der Waals surface area contributed by atoms with Gasteiger partial charge in [0.25, 0.3) is 0 Å². The van der Waals surface area contributed by atoms with Crippen LogP contribution in [0.3, 0.4) is 0 Å². The van der Waals surface area contributed by atoms with Crippen molar-refractivity contribution in [3.8, 4) is 0 Å². The number of benzene rings is 1. The molecule has 0 saturated heterocycles. The molecule has 0 bridgehead atoms. The number of carbonyl (C=O) groups is 1. The van der Waals surface area contributed by atoms with Crippen LogP contribution in [0.2, 0.25) is 0 Å². The lowest BCUT2D eigenvalue weighted by molar-refractivity contribution is -0.0788. The monoisotopic (exact) mass is 206 g/mol. The summed E-state index contributed by atoms with van der Waals surface area (Å²) in [7, 11) is 6.44. The minimum atomic E-state index is -0.999. The first-order chi connectivity index (χ1) is 5.77. The van der Waals surface area contributed by atoms with Gasteiger partial charge in [0.15, 0.2) is 0 Å². The van der Waals surface area contributed by atoms with Crippen LogP contribution < -0.4 is 0 Å². The lowest BCUT2D eigenvalue weighted by atomic mass is 10.2. The van der Waals surface area contributed by atoms with Crippen molar-refractivity contribution >= 4 is 27.6 Å². The van der Waals surface area contributed by atoms with Crippen molar-refractivity contribution in [2.45, 2.75) is 4.90 Å². The summed E-state index contributed by atoms with van der Waals surface area (Å²) in [6.07, 6.45) is 0. The van der Waals surface area contributed by atoms with Crippen LogP contribution in [0.25, 0.3) is 0 Å². The van der Waals surface area contributed by atoms with E-state index in [4.69, 9.17) is 10.7 Å². The van der Waals surface area contributed by atoms with Crippen molar-refractivity contribution in [3.63, 3.8) is 0 Å². The third-order valence-corrected chi connectivity index (χ3v) is 2.23. The maximum Gasteiger partial charge on any atom is 0.379 e. The molecule has 0 atom stereocenters. The molecule has 0 aliphatic heterocycles. The van der Waals surface area contributed by atoms with Crippen LogP contribution in [0.5, 0.6) is 0 Å². The van der Waals surface area contributed by atoms with E-state index in [-0.39, 0.29) is 5.56 Å². The predicted molar refractivity (Wildman–Crippen MR) is 44.7 cm³/mol. The molecule has 12 heavy (non-hydrogen) atoms. The standard InChI is InChI=1S/C7H4ClFO2S/c8-12-6-3-1-5(2-4-6)7(10)11-9/h1-4H. The molecule has 0 spiro atoms. The van der Waals surface area contributed by atoms with E-state index in [1.165, 1.54) is 12.1 Å². The number of hydrogen-bond donors (Lipinski definition) is 0. The summed E-state index contributed by atoms with van der Waals surface area (Å²) in [5, 5.41) is 0. The molecule has 64 valence electrons. The van der Waals surface area contributed by atoms with Gasteiger partial charge in [0, 0.05) is 9.42 Å². The predicted octanol–water partition coefficient (Wildman–Crippen LogP) is 2.97. The summed E-state index contributed by atoms with van der Waals surface area (Å²) in [5.41, 5.74) is 0.159. The van der Waals surface area contributed by atoms with Gasteiger partial charge < -0.3 is 0 Å². The van der Waals surface area contributed by atoms with E-state index >= 15 is 0 Å². The summed E-state index contributed by atoms with van der Waals surface area (Å²) < 4.78 is 11.4. The Kier molecular flexibility index (Phi) is 3.37. The van der Waals surface area contributed by atoms with Gasteiger partial charge in [0.05, 0.1) is 5.56 Å². The van der Waals surface area contributed by atoms with Crippen LogP contribution in [0.4, 0.5) is 4.53 Å². The van der Waals surface area contributed by atoms with Crippen molar-refractivity contribution in [1.82, 2.24) is 0 Å². The topological polar surface area (TPSA) is 26.3 Å². The molecule has 1 aromatic rings. The van der Waals surface area contributed by atoms with E-state index in [2.05, 4.69) is 4.94 Å². The Morgan fingerprint density at radius 2 is 2.00 bits per heavy atom. The lowest BCUT2D eigenvalue weighted by Gasteiger charge is -1.95. The largest absolute Gasteiger partial charge is 0.379 e. The van der Waals surface area contributed by atoms with Gasteiger partial charge in [-0.05, 0) is 45.9 Å². The molecular weight excluding hydrogens is 203 g/mol. The molecule has 0 aliphatic rings. The van der Waals surface area contributed by atoms with Crippen LogP contribution in [0.15, 0.2) is 29.2 Å². The van der Waals surface area contributed by atoms with E-state index < -0.39 is 5.97 Å². The first kappa shape index (κ1) is 9.35. The molecule has 5 heteroatoms. The van der Waals surface area contributed by atoms with Gasteiger partial charge in [0.2, 0.25) is 0 Å². The average molecular weight is 207 g/mol. The Labute approximate surface area is 77.1 Å². The number of halogens is 2. The Balaban J connectivity index is 2.84. The van der Waals surface area contributed by atoms with Crippen molar-refractivity contribution in [3.05, 3.63) is 29.8 Å². The zero-order valence-electron chi connectivity index (χ0n) is 5.79. The van der Waals surface area contributed by atoms with Gasteiger partial charge in [-0.3, -0.25) is 0 Å². The second-order valence-electron chi connectivity index (χ2n) is 1.97. The maximum absolute atomic E-state index is 11.4. The Morgan fingerprint density at radius 1 is 1.42 bits per heavy atom. The van der Waals surface area contributed by atoms with Gasteiger partial charge in [0.1, 0.15) is 0 Å². The summed E-state index contributed by atoms with van der Waals surface area (Å²) in [6, 6.07) is 6.08. The van der Waals surface area contributed by atoms with Gasteiger partial charge in [-0.25, -0.2) is 9.74 Å². The number of rotatable bonds is 2. The SMILES string of the molecule is O=C(OF)c1ccc(SCl)cc1. The van der Waals surface area contributed by atoms with E-state index in [1.54, 1.807) is 12.1 Å². The van der Waals surface area contributed by atoms with Gasteiger partial charge in [-0.2, -0.15) is 0 Å². The molecule has 0 saturated carbocycles. The Hall–Kier alpha value is -0.740. The van der Waals surface area contributed by atoms with Crippen molar-refractivity contribution < 1.29 is 14.3 Å². The zero-order chi connectivity index (χ0) is 8.97. The molecule has 0 unspecified atom stereocenters. The zero-order valence-corrected chi connectivity index (χ0v) is 7.36. The molecule has 0 aliphatic carbocycles. The molecule has 1 aromatic carbocycles. The number of carbonyl (C=O) groups excluding carboxylic acids is 1. The quantitative estimate of drug-likeness (QED) is 0.744. The maximum atomic E-state index is 11.4. The van der Waals surface area contributed by atoms with Crippen LogP contribution in [-0.2, 0) is 4.94 Å². The molecule has 0 heterocycles. The molecule has 0 fully saturated rings. The molecule has 0 aromatic heterocycles. The van der Waals surface area contributed by atoms with Crippen molar-refractivity contribution in [2.75, 3.05) is 0 Å². The Bertz CT molecular complexity index is 275. The smallest absolute Gasteiger partial charge is 0.249 e. The van der Waals surface area contributed by atoms with Crippen LogP contribution >= 0.6 is 21.7 Å². The fourth-order valence-corrected chi connectivity index (χ4v) is 1.23. The minimum Gasteiger partial charge on any atom is -0.249 e. The third kappa shape index (κ3) is 2.12. The average Bonchev–Trinajstić information content (AvgIpc) is 2.17. The highest BCUT2D eigenvalue weighted by molar-refractivity contribution is 8.21. The molecular formula is C7H4ClFO2S. The fraction of sp³-hybridized carbons (Fsp3) is 0. The minimum absolute atomic E-state index is 0.159. The molecule has 2 nitrogen and oxygen atoms in total. The highest BCUT2D eigenvalue weighted by Gasteiger charge is 2.06. The second-order valence-corrected chi connectivity index (χ2v) is 3.05. The van der Waals surface area contributed by atoms with Gasteiger partial charge in [-0.1, -0.05) is 0 Å². The number of hydrogen-bond acceptors (Lipinski definition) is 3. The van der Waals surface area contributed by atoms with E-state index in [1.807, 2.05) is 0 Å². The van der Waals surface area contributed by atoms with Crippen LogP contribution in [0.1, 0.15) is 10.4 Å². The van der Waals surface area contributed by atoms with Crippen LogP contribution in [-0.4, -0.2) is 5.97 Å². The first-order valence-electron chi connectivity index (χ1n) is 2.99. The normalized spacial score (nSPS) is 9.50. The summed E-state index contributed by atoms with van der Waals surface area (Å²) in [6.45, 7) is 0. The third-order valence-electron chi connectivity index (χ3n) is 1.25. The van der Waals surface area contributed by atoms with Gasteiger partial charge >= 0.3 is 5.97 Å². The second kappa shape index (κ2) is 4.33. The Morgan fingerprint density at radius 3 is 2.42 bits per heavy atom. The van der Waals surface area contributed by atoms with Crippen molar-refractivity contribution in [2.24, 2.45) is 0 Å². The highest BCUT2D eigenvalue weighted by atomic mass is 35.7. The highest BCUT2D eigenvalue weighted by Crippen LogP contribution is 2.21. The first-order valence-corrected chi connectivity index (χ1v) is 4.64. The summed E-state index contributed by atoms with van der Waals surface area (Å²) in [4.78, 5) is 14.4. The van der Waals surface area contributed by atoms with Crippen LogP contribution in [0, 0.1) is 0 Å². The lowest BCUT2D eigenvalue weighted by Crippen LogP contribution is -1.97. The molecule has 0 amide bonds. The van der Waals surface area contributed by atoms with E-state index in [0.29, 0.717) is 0 Å². The summed E-state index contributed by atoms with van der Waals surface area (Å²) in [5.74, 6) is -0.999. The molecule has 0 N–H and O–H groups in total. The molecule has 0 radical (unpaired) electrons.